The number of nitrogens with two attached hydrogens (primary N) is 1. The van der Waals surface area contributed by atoms with Gasteiger partial charge < -0.3 is 11.1 Å². The van der Waals surface area contributed by atoms with E-state index in [2.05, 4.69) is 10.3 Å². The maximum atomic E-state index is 12.0. The van der Waals surface area contributed by atoms with Gasteiger partial charge in [-0.15, -0.1) is 0 Å². The van der Waals surface area contributed by atoms with Crippen LogP contribution in [0.4, 0.5) is 5.69 Å². The van der Waals surface area contributed by atoms with Gasteiger partial charge in [-0.1, -0.05) is 18.2 Å². The number of aromatic nitrogens is 1. The third-order valence-electron chi connectivity index (χ3n) is 3.13. The van der Waals surface area contributed by atoms with Crippen LogP contribution in [0.5, 0.6) is 0 Å². The average molecular weight is 271 g/mol. The lowest BCUT2D eigenvalue weighted by molar-refractivity contribution is -0.116. The molecule has 1 amide bonds. The van der Waals surface area contributed by atoms with Crippen LogP contribution in [0.1, 0.15) is 32.4 Å². The highest BCUT2D eigenvalue weighted by Gasteiger charge is 2.14. The van der Waals surface area contributed by atoms with Crippen LogP contribution in [-0.2, 0) is 4.79 Å². The van der Waals surface area contributed by atoms with Gasteiger partial charge in [0.1, 0.15) is 0 Å². The van der Waals surface area contributed by atoms with Gasteiger partial charge in [0.05, 0.1) is 11.2 Å². The first-order valence-electron chi connectivity index (χ1n) is 6.80. The molecule has 1 aromatic carbocycles. The van der Waals surface area contributed by atoms with Crippen molar-refractivity contribution < 1.29 is 4.79 Å². The number of anilines is 1. The number of aryl methyl sites for hydroxylation is 1. The van der Waals surface area contributed by atoms with Gasteiger partial charge in [-0.25, -0.2) is 0 Å². The van der Waals surface area contributed by atoms with E-state index in [0.717, 1.165) is 22.3 Å². The predicted octanol–water partition coefficient (Wildman–Crippen LogP) is 3.00. The quantitative estimate of drug-likeness (QED) is 0.898. The molecule has 0 aliphatic heterocycles. The maximum absolute atomic E-state index is 12.0. The molecule has 3 N–H and O–H groups in total. The molecular formula is C16H21N3O. The minimum absolute atomic E-state index is 0.0284. The summed E-state index contributed by atoms with van der Waals surface area (Å²) in [5.41, 5.74) is 8.08. The Balaban J connectivity index is 2.17. The molecule has 2 rings (SSSR count). The zero-order chi connectivity index (χ0) is 14.8. The minimum Gasteiger partial charge on any atom is -0.326 e. The van der Waals surface area contributed by atoms with E-state index in [4.69, 9.17) is 5.73 Å². The second-order valence-electron chi connectivity index (χ2n) is 5.87. The van der Waals surface area contributed by atoms with Crippen LogP contribution in [-0.4, -0.2) is 16.4 Å². The number of nitrogens with zero attached hydrogens (tertiary/aromatic N) is 1. The Morgan fingerprint density at radius 3 is 2.75 bits per heavy atom. The summed E-state index contributed by atoms with van der Waals surface area (Å²) in [5.74, 6) is -0.0284. The van der Waals surface area contributed by atoms with Crippen LogP contribution in [0, 0.1) is 6.92 Å². The first kappa shape index (κ1) is 14.5. The number of nitrogens with one attached hydrogen (secondary N) is 1. The molecule has 0 fully saturated rings. The molecule has 2 aromatic rings. The number of hydrogen-bond donors (Lipinski definition) is 2. The summed E-state index contributed by atoms with van der Waals surface area (Å²) in [6.45, 7) is 5.78. The number of fused-ring (bicyclic) bond motifs is 1. The topological polar surface area (TPSA) is 68.0 Å². The Morgan fingerprint density at radius 2 is 2.05 bits per heavy atom. The molecule has 4 heteroatoms. The Hall–Kier alpha value is -1.94. The molecule has 0 spiro atoms. The molecule has 20 heavy (non-hydrogen) atoms. The number of amides is 1. The lowest BCUT2D eigenvalue weighted by Crippen LogP contribution is -2.33. The van der Waals surface area contributed by atoms with Gasteiger partial charge >= 0.3 is 0 Å². The summed E-state index contributed by atoms with van der Waals surface area (Å²) in [5, 5.41) is 3.95. The highest BCUT2D eigenvalue weighted by molar-refractivity contribution is 6.00. The van der Waals surface area contributed by atoms with Crippen molar-refractivity contribution in [2.45, 2.75) is 39.2 Å². The maximum Gasteiger partial charge on any atom is 0.224 e. The molecule has 0 aliphatic carbocycles. The van der Waals surface area contributed by atoms with Gasteiger partial charge in [0.15, 0.2) is 0 Å². The number of pyridine rings is 1. The summed E-state index contributed by atoms with van der Waals surface area (Å²) < 4.78 is 0. The van der Waals surface area contributed by atoms with E-state index in [9.17, 15) is 4.79 Å². The summed E-state index contributed by atoms with van der Waals surface area (Å²) >= 11 is 0. The second-order valence-corrected chi connectivity index (χ2v) is 5.87. The van der Waals surface area contributed by atoms with Gasteiger partial charge in [0.2, 0.25) is 5.91 Å². The Kier molecular flexibility index (Phi) is 4.04. The first-order chi connectivity index (χ1) is 9.35. The summed E-state index contributed by atoms with van der Waals surface area (Å²) in [6, 6.07) is 9.75. The standard InChI is InChI=1S/C16H21N3O/c1-11-7-8-12-5-4-6-13(15(12)18-11)19-14(20)9-10-16(2,3)17/h4-8H,9-10,17H2,1-3H3,(H,19,20). The molecule has 1 aromatic heterocycles. The fourth-order valence-electron chi connectivity index (χ4n) is 1.99. The van der Waals surface area contributed by atoms with Crippen molar-refractivity contribution in [2.75, 3.05) is 5.32 Å². The van der Waals surface area contributed by atoms with Gasteiger partial charge in [0, 0.05) is 23.0 Å². The highest BCUT2D eigenvalue weighted by Crippen LogP contribution is 2.22. The van der Waals surface area contributed by atoms with E-state index in [0.29, 0.717) is 12.8 Å². The third-order valence-corrected chi connectivity index (χ3v) is 3.13. The number of benzene rings is 1. The van der Waals surface area contributed by atoms with Crippen molar-refractivity contribution in [2.24, 2.45) is 5.73 Å². The molecule has 0 saturated heterocycles. The molecule has 0 bridgehead atoms. The largest absolute Gasteiger partial charge is 0.326 e. The molecule has 1 heterocycles. The summed E-state index contributed by atoms with van der Waals surface area (Å²) in [4.78, 5) is 16.5. The van der Waals surface area contributed by atoms with E-state index >= 15 is 0 Å². The molecule has 0 saturated carbocycles. The van der Waals surface area contributed by atoms with Crippen molar-refractivity contribution in [3.8, 4) is 0 Å². The molecule has 4 nitrogen and oxygen atoms in total. The smallest absolute Gasteiger partial charge is 0.224 e. The zero-order valence-corrected chi connectivity index (χ0v) is 12.2. The molecular weight excluding hydrogens is 250 g/mol. The molecule has 0 radical (unpaired) electrons. The second kappa shape index (κ2) is 5.59. The number of para-hydroxylation sites is 1. The predicted molar refractivity (Wildman–Crippen MR) is 82.6 cm³/mol. The fraction of sp³-hybridized carbons (Fsp3) is 0.375. The van der Waals surface area contributed by atoms with Crippen molar-refractivity contribution in [3.05, 3.63) is 36.0 Å². The van der Waals surface area contributed by atoms with E-state index in [1.54, 1.807) is 0 Å². The Morgan fingerprint density at radius 1 is 1.30 bits per heavy atom. The van der Waals surface area contributed by atoms with E-state index in [1.807, 2.05) is 51.1 Å². The van der Waals surface area contributed by atoms with Crippen LogP contribution in [0.3, 0.4) is 0 Å². The zero-order valence-electron chi connectivity index (χ0n) is 12.2. The highest BCUT2D eigenvalue weighted by atomic mass is 16.1. The van der Waals surface area contributed by atoms with Crippen LogP contribution >= 0.6 is 0 Å². The van der Waals surface area contributed by atoms with Crippen molar-refractivity contribution in [1.29, 1.82) is 0 Å². The Bertz CT molecular complexity index is 629. The molecule has 0 atom stereocenters. The first-order valence-corrected chi connectivity index (χ1v) is 6.80. The van der Waals surface area contributed by atoms with Crippen molar-refractivity contribution in [3.63, 3.8) is 0 Å². The van der Waals surface area contributed by atoms with Crippen molar-refractivity contribution in [1.82, 2.24) is 4.98 Å². The minimum atomic E-state index is -0.328. The number of carbonyl (C=O) groups excluding carboxylic acids is 1. The lowest BCUT2D eigenvalue weighted by atomic mass is 10.00. The normalized spacial score (nSPS) is 11.6. The monoisotopic (exact) mass is 271 g/mol. The Labute approximate surface area is 119 Å². The number of rotatable bonds is 4. The molecule has 106 valence electrons. The molecule has 0 unspecified atom stereocenters. The number of hydrogen-bond acceptors (Lipinski definition) is 3. The van der Waals surface area contributed by atoms with Gasteiger partial charge in [-0.2, -0.15) is 0 Å². The SMILES string of the molecule is Cc1ccc2cccc(NC(=O)CCC(C)(C)N)c2n1. The van der Waals surface area contributed by atoms with Crippen LogP contribution in [0.15, 0.2) is 30.3 Å². The third kappa shape index (κ3) is 3.78. The fourth-order valence-corrected chi connectivity index (χ4v) is 1.99. The van der Waals surface area contributed by atoms with Gasteiger partial charge in [0.25, 0.3) is 0 Å². The summed E-state index contributed by atoms with van der Waals surface area (Å²) in [7, 11) is 0. The van der Waals surface area contributed by atoms with Crippen LogP contribution in [0.25, 0.3) is 10.9 Å². The molecule has 0 aliphatic rings. The van der Waals surface area contributed by atoms with Gasteiger partial charge in [-0.3, -0.25) is 9.78 Å². The lowest BCUT2D eigenvalue weighted by Gasteiger charge is -2.17. The average Bonchev–Trinajstić information content (AvgIpc) is 2.36. The van der Waals surface area contributed by atoms with Gasteiger partial charge in [-0.05, 0) is 39.3 Å². The van der Waals surface area contributed by atoms with E-state index in [1.165, 1.54) is 0 Å². The van der Waals surface area contributed by atoms with Crippen molar-refractivity contribution >= 4 is 22.5 Å². The summed E-state index contributed by atoms with van der Waals surface area (Å²) in [6.07, 6.45) is 1.06. The van der Waals surface area contributed by atoms with E-state index in [-0.39, 0.29) is 11.4 Å². The number of carbonyl (C=O) groups is 1. The van der Waals surface area contributed by atoms with Crippen LogP contribution in [0.2, 0.25) is 0 Å². The van der Waals surface area contributed by atoms with Crippen LogP contribution < -0.4 is 11.1 Å². The van der Waals surface area contributed by atoms with E-state index < -0.39 is 0 Å².